The van der Waals surface area contributed by atoms with E-state index in [1.807, 2.05) is 24.3 Å². The molecule has 2 aromatic rings. The summed E-state index contributed by atoms with van der Waals surface area (Å²) in [6.07, 6.45) is 12.9. The number of rotatable bonds is 8. The van der Waals surface area contributed by atoms with E-state index in [1.165, 1.54) is 50.1 Å². The average molecular weight is 495 g/mol. The highest BCUT2D eigenvalue weighted by atomic mass is 16.5. The van der Waals surface area contributed by atoms with Crippen LogP contribution in [-0.2, 0) is 14.2 Å². The summed E-state index contributed by atoms with van der Waals surface area (Å²) in [6, 6.07) is 12.7. The van der Waals surface area contributed by atoms with Gasteiger partial charge in [0.05, 0.1) is 45.7 Å². The first-order valence-corrected chi connectivity index (χ1v) is 11.5. The zero-order chi connectivity index (χ0) is 25.5. The highest BCUT2D eigenvalue weighted by molar-refractivity contribution is 5.52. The lowest BCUT2D eigenvalue weighted by molar-refractivity contribution is -0.870. The molecule has 0 amide bonds. The van der Waals surface area contributed by atoms with Crippen LogP contribution in [0, 0.1) is 0 Å². The Morgan fingerprint density at radius 2 is 1.19 bits per heavy atom. The largest absolute Gasteiger partial charge is 0.494 e. The standard InChI is InChI=1S/C27H32N3O6/c1-30(2,3)12-4-5-13-34-25-9-6-23(7-10-25)28-29-24-8-11-26-27(22-24)36-21-19-33-17-15-31-14-16-32-18-20-35-26/h6-11,14-22H,4-5,12-13H2,1-3H3/q+1/b16-14-,17-15-,20-18-,21-19-,29-28?. The zero-order valence-electron chi connectivity index (χ0n) is 20.8. The van der Waals surface area contributed by atoms with Crippen LogP contribution in [0.2, 0.25) is 0 Å². The molecule has 1 aliphatic heterocycles. The van der Waals surface area contributed by atoms with Crippen molar-refractivity contribution in [3.63, 3.8) is 0 Å². The van der Waals surface area contributed by atoms with Crippen molar-refractivity contribution in [3.05, 3.63) is 92.6 Å². The van der Waals surface area contributed by atoms with Crippen LogP contribution in [0.25, 0.3) is 0 Å². The highest BCUT2D eigenvalue weighted by Gasteiger charge is 2.07. The van der Waals surface area contributed by atoms with E-state index in [4.69, 9.17) is 28.4 Å². The van der Waals surface area contributed by atoms with E-state index in [1.54, 1.807) is 18.2 Å². The first-order chi connectivity index (χ1) is 17.5. The topological polar surface area (TPSA) is 80.1 Å². The fourth-order valence-corrected chi connectivity index (χ4v) is 2.88. The summed E-state index contributed by atoms with van der Waals surface area (Å²) in [7, 11) is 6.58. The van der Waals surface area contributed by atoms with Crippen LogP contribution in [0.3, 0.4) is 0 Å². The molecule has 0 N–H and O–H groups in total. The van der Waals surface area contributed by atoms with E-state index >= 15 is 0 Å². The summed E-state index contributed by atoms with van der Waals surface area (Å²) >= 11 is 0. The molecule has 0 unspecified atom stereocenters. The molecule has 1 aliphatic rings. The van der Waals surface area contributed by atoms with Gasteiger partial charge in [-0.05, 0) is 49.2 Å². The van der Waals surface area contributed by atoms with Gasteiger partial charge in [-0.25, -0.2) is 0 Å². The molecule has 36 heavy (non-hydrogen) atoms. The predicted octanol–water partition coefficient (Wildman–Crippen LogP) is 6.67. The number of unbranched alkanes of at least 4 members (excludes halogenated alkanes) is 1. The van der Waals surface area contributed by atoms with Gasteiger partial charge in [0.2, 0.25) is 0 Å². The van der Waals surface area contributed by atoms with Gasteiger partial charge in [-0.2, -0.15) is 10.2 Å². The van der Waals surface area contributed by atoms with E-state index < -0.39 is 0 Å². The maximum absolute atomic E-state index is 5.82. The highest BCUT2D eigenvalue weighted by Crippen LogP contribution is 2.33. The van der Waals surface area contributed by atoms with Gasteiger partial charge in [-0.1, -0.05) is 0 Å². The molecule has 1 heterocycles. The molecule has 0 atom stereocenters. The number of hydrogen-bond acceptors (Lipinski definition) is 8. The Kier molecular flexibility index (Phi) is 10.4. The van der Waals surface area contributed by atoms with Crippen LogP contribution < -0.4 is 14.2 Å². The summed E-state index contributed by atoms with van der Waals surface area (Å²) in [6.45, 7) is 1.82. The molecular weight excluding hydrogens is 462 g/mol. The predicted molar refractivity (Wildman–Crippen MR) is 136 cm³/mol. The van der Waals surface area contributed by atoms with Crippen molar-refractivity contribution in [1.29, 1.82) is 0 Å². The lowest BCUT2D eigenvalue weighted by atomic mass is 10.3. The van der Waals surface area contributed by atoms with E-state index in [2.05, 4.69) is 31.4 Å². The van der Waals surface area contributed by atoms with Crippen molar-refractivity contribution in [2.75, 3.05) is 34.3 Å². The maximum atomic E-state index is 5.82. The quantitative estimate of drug-likeness (QED) is 0.232. The Bertz CT molecular complexity index is 1090. The van der Waals surface area contributed by atoms with Crippen LogP contribution in [0.1, 0.15) is 12.8 Å². The number of fused-ring (bicyclic) bond motifs is 1. The second kappa shape index (κ2) is 14.2. The molecule has 0 aliphatic carbocycles. The van der Waals surface area contributed by atoms with Gasteiger partial charge in [0.1, 0.15) is 55.8 Å². The Hall–Kier alpha value is -4.24. The number of azo groups is 1. The normalized spacial score (nSPS) is 17.4. The summed E-state index contributed by atoms with van der Waals surface area (Å²) in [5, 5.41) is 8.61. The molecule has 3 rings (SSSR count). The van der Waals surface area contributed by atoms with Crippen molar-refractivity contribution in [3.8, 4) is 17.2 Å². The molecule has 2 aromatic carbocycles. The minimum atomic E-state index is 0.413. The van der Waals surface area contributed by atoms with Gasteiger partial charge in [-0.15, -0.1) is 0 Å². The first-order valence-electron chi connectivity index (χ1n) is 11.5. The molecule has 0 aromatic heterocycles. The molecule has 190 valence electrons. The van der Waals surface area contributed by atoms with Gasteiger partial charge >= 0.3 is 0 Å². The third-order valence-electron chi connectivity index (χ3n) is 4.62. The number of hydrogen-bond donors (Lipinski definition) is 0. The lowest BCUT2D eigenvalue weighted by Crippen LogP contribution is -2.35. The van der Waals surface area contributed by atoms with Crippen molar-refractivity contribution in [2.24, 2.45) is 10.2 Å². The van der Waals surface area contributed by atoms with Crippen molar-refractivity contribution >= 4 is 11.4 Å². The number of ether oxygens (including phenoxy) is 6. The fourth-order valence-electron chi connectivity index (χ4n) is 2.88. The Morgan fingerprint density at radius 3 is 1.83 bits per heavy atom. The third-order valence-corrected chi connectivity index (χ3v) is 4.62. The van der Waals surface area contributed by atoms with Crippen LogP contribution in [0.5, 0.6) is 17.2 Å². The zero-order valence-corrected chi connectivity index (χ0v) is 20.8. The van der Waals surface area contributed by atoms with Gasteiger partial charge in [0.15, 0.2) is 11.5 Å². The second-order valence-corrected chi connectivity index (χ2v) is 8.63. The van der Waals surface area contributed by atoms with Gasteiger partial charge in [0.25, 0.3) is 0 Å². The molecule has 0 saturated heterocycles. The first kappa shape index (κ1) is 26.4. The molecule has 0 radical (unpaired) electrons. The lowest BCUT2D eigenvalue weighted by Gasteiger charge is -2.23. The third kappa shape index (κ3) is 10.4. The molecule has 0 bridgehead atoms. The number of nitrogens with zero attached hydrogens (tertiary/aromatic N) is 3. The summed E-state index contributed by atoms with van der Waals surface area (Å²) in [5.74, 6) is 1.68. The monoisotopic (exact) mass is 494 g/mol. The van der Waals surface area contributed by atoms with Crippen LogP contribution >= 0.6 is 0 Å². The van der Waals surface area contributed by atoms with Gasteiger partial charge in [-0.3, -0.25) is 0 Å². The fraction of sp³-hybridized carbons (Fsp3) is 0.259. The molecule has 9 heteroatoms. The Labute approximate surface area is 211 Å². The average Bonchev–Trinajstić information content (AvgIpc) is 2.86. The molecule has 0 saturated carbocycles. The van der Waals surface area contributed by atoms with Crippen LogP contribution in [0.4, 0.5) is 11.4 Å². The van der Waals surface area contributed by atoms with Gasteiger partial charge < -0.3 is 32.9 Å². The van der Waals surface area contributed by atoms with Crippen molar-refractivity contribution in [1.82, 2.24) is 0 Å². The van der Waals surface area contributed by atoms with Crippen LogP contribution in [-0.4, -0.2) is 38.8 Å². The van der Waals surface area contributed by atoms with Crippen molar-refractivity contribution < 1.29 is 32.9 Å². The minimum Gasteiger partial charge on any atom is -0.494 e. The number of benzene rings is 2. The Balaban J connectivity index is 1.59. The summed E-state index contributed by atoms with van der Waals surface area (Å²) in [4.78, 5) is 0. The SMILES string of the molecule is C[N+](C)(C)CCCCOc1ccc(N=Nc2ccc3c(c2)O/C=C\O/C=C\O/C=C\O/C=C\O3)cc1. The molecule has 9 nitrogen and oxygen atoms in total. The Morgan fingerprint density at radius 1 is 0.639 bits per heavy atom. The maximum Gasteiger partial charge on any atom is 0.171 e. The summed E-state index contributed by atoms with van der Waals surface area (Å²) < 4.78 is 33.2. The van der Waals surface area contributed by atoms with Crippen LogP contribution in [0.15, 0.2) is 103 Å². The smallest absolute Gasteiger partial charge is 0.171 e. The number of quaternary nitrogens is 1. The van der Waals surface area contributed by atoms with E-state index in [-0.39, 0.29) is 0 Å². The van der Waals surface area contributed by atoms with Gasteiger partial charge in [0, 0.05) is 6.07 Å². The molecule has 0 fully saturated rings. The molecular formula is C27H32N3O6+. The minimum absolute atomic E-state index is 0.413. The van der Waals surface area contributed by atoms with E-state index in [9.17, 15) is 0 Å². The second-order valence-electron chi connectivity index (χ2n) is 8.63. The van der Waals surface area contributed by atoms with E-state index in [0.717, 1.165) is 29.6 Å². The molecule has 0 spiro atoms. The van der Waals surface area contributed by atoms with Crippen molar-refractivity contribution in [2.45, 2.75) is 12.8 Å². The summed E-state index contributed by atoms with van der Waals surface area (Å²) in [5.41, 5.74) is 1.29. The van der Waals surface area contributed by atoms with E-state index in [0.29, 0.717) is 29.5 Å².